The zero-order chi connectivity index (χ0) is 19.5. The zero-order valence-electron chi connectivity index (χ0n) is 15.0. The van der Waals surface area contributed by atoms with Gasteiger partial charge >= 0.3 is 5.76 Å². The molecule has 3 aromatic carbocycles. The number of amides is 1. The van der Waals surface area contributed by atoms with E-state index in [1.165, 1.54) is 26.7 Å². The zero-order valence-corrected chi connectivity index (χ0v) is 15.8. The molecule has 0 saturated carbocycles. The molecule has 0 atom stereocenters. The van der Waals surface area contributed by atoms with Crippen LogP contribution in [0.2, 0.25) is 0 Å². The van der Waals surface area contributed by atoms with Gasteiger partial charge in [-0.1, -0.05) is 59.9 Å². The lowest BCUT2D eigenvalue weighted by molar-refractivity contribution is -0.116. The van der Waals surface area contributed by atoms with Crippen LogP contribution in [0.15, 0.2) is 69.9 Å². The van der Waals surface area contributed by atoms with E-state index in [-0.39, 0.29) is 12.5 Å². The van der Waals surface area contributed by atoms with Crippen molar-refractivity contribution >= 4 is 44.2 Å². The Kier molecular flexibility index (Phi) is 3.30. The molecule has 6 rings (SSSR count). The second-order valence-electron chi connectivity index (χ2n) is 6.88. The molecule has 140 valence electrons. The molecule has 6 nitrogen and oxygen atoms in total. The number of hydrogen-bond acceptors (Lipinski definition) is 5. The van der Waals surface area contributed by atoms with Gasteiger partial charge in [0.2, 0.25) is 5.91 Å². The van der Waals surface area contributed by atoms with Crippen molar-refractivity contribution < 1.29 is 9.21 Å². The van der Waals surface area contributed by atoms with Gasteiger partial charge in [-0.05, 0) is 22.9 Å². The maximum absolute atomic E-state index is 12.6. The van der Waals surface area contributed by atoms with E-state index in [1.54, 1.807) is 24.3 Å². The Balaban J connectivity index is 1.32. The first-order valence-electron chi connectivity index (χ1n) is 9.10. The van der Waals surface area contributed by atoms with Crippen molar-refractivity contribution in [2.75, 3.05) is 5.32 Å². The van der Waals surface area contributed by atoms with E-state index in [0.29, 0.717) is 16.2 Å². The maximum atomic E-state index is 12.6. The monoisotopic (exact) mass is 399 g/mol. The lowest BCUT2D eigenvalue weighted by Crippen LogP contribution is -2.24. The van der Waals surface area contributed by atoms with Gasteiger partial charge in [0.25, 0.3) is 0 Å². The Morgan fingerprint density at radius 3 is 2.69 bits per heavy atom. The molecule has 1 aliphatic rings. The van der Waals surface area contributed by atoms with Gasteiger partial charge in [-0.2, -0.15) is 0 Å². The molecule has 0 radical (unpaired) electrons. The minimum absolute atomic E-state index is 0.133. The van der Waals surface area contributed by atoms with Crippen molar-refractivity contribution in [3.05, 3.63) is 71.2 Å². The van der Waals surface area contributed by atoms with Gasteiger partial charge in [-0.3, -0.25) is 9.36 Å². The van der Waals surface area contributed by atoms with Gasteiger partial charge in [0.1, 0.15) is 6.54 Å². The summed E-state index contributed by atoms with van der Waals surface area (Å²) in [4.78, 5) is 30.4. The van der Waals surface area contributed by atoms with E-state index < -0.39 is 5.76 Å². The Morgan fingerprint density at radius 2 is 1.83 bits per heavy atom. The predicted molar refractivity (Wildman–Crippen MR) is 113 cm³/mol. The first-order valence-corrected chi connectivity index (χ1v) is 9.92. The van der Waals surface area contributed by atoms with Gasteiger partial charge in [0.15, 0.2) is 10.7 Å². The molecule has 0 bridgehead atoms. The third kappa shape index (κ3) is 2.37. The van der Waals surface area contributed by atoms with E-state index in [0.717, 1.165) is 21.7 Å². The molecular weight excluding hydrogens is 386 g/mol. The van der Waals surface area contributed by atoms with E-state index in [4.69, 9.17) is 4.42 Å². The SMILES string of the molecule is O=C(Cn1c(=O)oc2ccccc21)Nc1nc2c(s1)-c1cccc3cccc-2c13. The summed E-state index contributed by atoms with van der Waals surface area (Å²) in [6, 6.07) is 19.4. The first-order chi connectivity index (χ1) is 14.2. The van der Waals surface area contributed by atoms with Gasteiger partial charge in [-0.15, -0.1) is 0 Å². The minimum atomic E-state index is -0.552. The number of oxazole rings is 1. The van der Waals surface area contributed by atoms with Crippen LogP contribution in [0.3, 0.4) is 0 Å². The molecule has 0 aliphatic heterocycles. The number of carbonyl (C=O) groups excluding carboxylic acids is 1. The molecular formula is C22H13N3O3S. The van der Waals surface area contributed by atoms with Gasteiger partial charge in [-0.25, -0.2) is 9.78 Å². The van der Waals surface area contributed by atoms with Crippen molar-refractivity contribution in [1.29, 1.82) is 0 Å². The van der Waals surface area contributed by atoms with Gasteiger partial charge in [0, 0.05) is 11.1 Å². The maximum Gasteiger partial charge on any atom is 0.420 e. The lowest BCUT2D eigenvalue weighted by atomic mass is 10.0. The molecule has 7 heteroatoms. The fraction of sp³-hybridized carbons (Fsp3) is 0.0455. The summed E-state index contributed by atoms with van der Waals surface area (Å²) in [6.45, 7) is -0.133. The molecule has 0 fully saturated rings. The highest BCUT2D eigenvalue weighted by Gasteiger charge is 2.26. The van der Waals surface area contributed by atoms with Crippen LogP contribution >= 0.6 is 11.3 Å². The van der Waals surface area contributed by atoms with Crippen molar-refractivity contribution in [2.24, 2.45) is 0 Å². The van der Waals surface area contributed by atoms with Crippen LogP contribution in [0.1, 0.15) is 0 Å². The van der Waals surface area contributed by atoms with Gasteiger partial charge < -0.3 is 9.73 Å². The van der Waals surface area contributed by atoms with Crippen molar-refractivity contribution in [3.63, 3.8) is 0 Å². The summed E-state index contributed by atoms with van der Waals surface area (Å²) in [5, 5.41) is 5.74. The summed E-state index contributed by atoms with van der Waals surface area (Å²) in [7, 11) is 0. The molecule has 5 aromatic rings. The Morgan fingerprint density at radius 1 is 1.03 bits per heavy atom. The number of nitrogens with zero attached hydrogens (tertiary/aromatic N) is 2. The normalized spacial score (nSPS) is 11.9. The first kappa shape index (κ1) is 16.3. The number of anilines is 1. The number of carbonyl (C=O) groups is 1. The number of hydrogen-bond donors (Lipinski definition) is 1. The summed E-state index contributed by atoms with van der Waals surface area (Å²) >= 11 is 1.45. The van der Waals surface area contributed by atoms with Crippen molar-refractivity contribution in [1.82, 2.24) is 9.55 Å². The van der Waals surface area contributed by atoms with Crippen LogP contribution < -0.4 is 11.1 Å². The smallest absolute Gasteiger partial charge is 0.408 e. The van der Waals surface area contributed by atoms with Crippen LogP contribution in [0.5, 0.6) is 0 Å². The van der Waals surface area contributed by atoms with Crippen LogP contribution in [0, 0.1) is 0 Å². The molecule has 1 aliphatic carbocycles. The van der Waals surface area contributed by atoms with Crippen LogP contribution in [0.25, 0.3) is 43.6 Å². The standard InChI is InChI=1S/C22H13N3O3S/c26-17(11-25-15-9-1-2-10-16(15)28-22(25)27)23-21-24-19-13-7-3-5-12-6-4-8-14(18(12)13)20(19)29-21/h1-10H,11H2,(H,23,24,26). The van der Waals surface area contributed by atoms with Crippen LogP contribution in [-0.4, -0.2) is 15.5 Å². The summed E-state index contributed by atoms with van der Waals surface area (Å²) < 4.78 is 6.51. The lowest BCUT2D eigenvalue weighted by Gasteiger charge is -2.04. The number of thiazole rings is 1. The molecule has 29 heavy (non-hydrogen) atoms. The average molecular weight is 399 g/mol. The van der Waals surface area contributed by atoms with Crippen LogP contribution in [-0.2, 0) is 11.3 Å². The number of benzene rings is 3. The molecule has 0 saturated heterocycles. The van der Waals surface area contributed by atoms with Crippen LogP contribution in [0.4, 0.5) is 5.13 Å². The molecule has 2 aromatic heterocycles. The van der Waals surface area contributed by atoms with Crippen molar-refractivity contribution in [2.45, 2.75) is 6.54 Å². The van der Waals surface area contributed by atoms with Crippen molar-refractivity contribution in [3.8, 4) is 21.7 Å². The third-order valence-corrected chi connectivity index (χ3v) is 6.16. The molecule has 0 unspecified atom stereocenters. The summed E-state index contributed by atoms with van der Waals surface area (Å²) in [6.07, 6.45) is 0. The van der Waals surface area contributed by atoms with E-state index >= 15 is 0 Å². The number of para-hydroxylation sites is 2. The highest BCUT2D eigenvalue weighted by atomic mass is 32.1. The Labute approximate surface area is 168 Å². The Bertz CT molecular complexity index is 1450. The number of fused-ring (bicyclic) bond motifs is 4. The third-order valence-electron chi connectivity index (χ3n) is 5.15. The number of rotatable bonds is 3. The quantitative estimate of drug-likeness (QED) is 0.476. The fourth-order valence-electron chi connectivity index (χ4n) is 3.93. The van der Waals surface area contributed by atoms with E-state index in [9.17, 15) is 9.59 Å². The number of aromatic nitrogens is 2. The second-order valence-corrected chi connectivity index (χ2v) is 7.88. The second kappa shape index (κ2) is 5.89. The van der Waals surface area contributed by atoms with Gasteiger partial charge in [0.05, 0.1) is 16.1 Å². The fourth-order valence-corrected chi connectivity index (χ4v) is 4.96. The molecule has 1 N–H and O–H groups in total. The predicted octanol–water partition coefficient (Wildman–Crippen LogP) is 4.49. The minimum Gasteiger partial charge on any atom is -0.408 e. The largest absolute Gasteiger partial charge is 0.420 e. The summed E-state index contributed by atoms with van der Waals surface area (Å²) in [5.41, 5.74) is 4.17. The highest BCUT2D eigenvalue weighted by molar-refractivity contribution is 7.20. The molecule has 1 amide bonds. The topological polar surface area (TPSA) is 77.1 Å². The molecule has 0 spiro atoms. The van der Waals surface area contributed by atoms with E-state index in [1.807, 2.05) is 12.1 Å². The Hall–Kier alpha value is -3.71. The highest BCUT2D eigenvalue weighted by Crippen LogP contribution is 2.50. The number of nitrogens with one attached hydrogen (secondary N) is 1. The van der Waals surface area contributed by atoms with E-state index in [2.05, 4.69) is 34.6 Å². The summed E-state index contributed by atoms with van der Waals surface area (Å²) in [5.74, 6) is -0.874. The average Bonchev–Trinajstić information content (AvgIpc) is 3.36. The molecule has 2 heterocycles.